The van der Waals surface area contributed by atoms with E-state index in [2.05, 4.69) is 5.32 Å². The number of carboxylic acids is 1. The monoisotopic (exact) mass is 277 g/mol. The van der Waals surface area contributed by atoms with Gasteiger partial charge in [0.25, 0.3) is 0 Å². The maximum atomic E-state index is 12.2. The molecular formula is C15H19NO4. The van der Waals surface area contributed by atoms with Crippen LogP contribution < -0.4 is 10.1 Å². The average Bonchev–Trinajstić information content (AvgIpc) is 2.89. The van der Waals surface area contributed by atoms with E-state index in [-0.39, 0.29) is 5.91 Å². The van der Waals surface area contributed by atoms with Gasteiger partial charge in [-0.15, -0.1) is 0 Å². The van der Waals surface area contributed by atoms with Crippen LogP contribution in [0.2, 0.25) is 0 Å². The molecule has 1 fully saturated rings. The zero-order chi connectivity index (χ0) is 14.5. The summed E-state index contributed by atoms with van der Waals surface area (Å²) in [4.78, 5) is 23.3. The Kier molecular flexibility index (Phi) is 4.61. The lowest BCUT2D eigenvalue weighted by Crippen LogP contribution is -2.29. The fraction of sp³-hybridized carbons (Fsp3) is 0.467. The van der Waals surface area contributed by atoms with Crippen molar-refractivity contribution in [2.45, 2.75) is 26.2 Å². The molecule has 1 amide bonds. The number of rotatable bonds is 5. The van der Waals surface area contributed by atoms with E-state index in [0.29, 0.717) is 30.9 Å². The summed E-state index contributed by atoms with van der Waals surface area (Å²) in [5, 5.41) is 11.9. The van der Waals surface area contributed by atoms with Crippen LogP contribution in [-0.4, -0.2) is 23.6 Å². The Balaban J connectivity index is 2.04. The Morgan fingerprint density at radius 2 is 2.10 bits per heavy atom. The van der Waals surface area contributed by atoms with Crippen molar-refractivity contribution < 1.29 is 19.4 Å². The SMILES string of the molecule is CCOc1cccc(NC(=O)C2CCCC2C(=O)O)c1. The molecule has 2 unspecified atom stereocenters. The molecule has 1 saturated carbocycles. The quantitative estimate of drug-likeness (QED) is 0.867. The fourth-order valence-electron chi connectivity index (χ4n) is 2.63. The third kappa shape index (κ3) is 3.29. The second-order valence-electron chi connectivity index (χ2n) is 4.93. The van der Waals surface area contributed by atoms with Gasteiger partial charge in [0.15, 0.2) is 0 Å². The van der Waals surface area contributed by atoms with E-state index in [1.807, 2.05) is 13.0 Å². The van der Waals surface area contributed by atoms with Crippen LogP contribution in [0, 0.1) is 11.8 Å². The normalized spacial score (nSPS) is 21.4. The highest BCUT2D eigenvalue weighted by molar-refractivity contribution is 5.95. The third-order valence-electron chi connectivity index (χ3n) is 3.58. The van der Waals surface area contributed by atoms with E-state index in [1.165, 1.54) is 0 Å². The van der Waals surface area contributed by atoms with Gasteiger partial charge >= 0.3 is 5.97 Å². The van der Waals surface area contributed by atoms with Crippen LogP contribution in [0.15, 0.2) is 24.3 Å². The van der Waals surface area contributed by atoms with Gasteiger partial charge < -0.3 is 15.2 Å². The second kappa shape index (κ2) is 6.41. The molecule has 5 heteroatoms. The molecule has 1 aliphatic rings. The number of carboxylic acid groups (broad SMARTS) is 1. The molecule has 1 aliphatic carbocycles. The summed E-state index contributed by atoms with van der Waals surface area (Å²) in [6.07, 6.45) is 1.99. The molecule has 0 bridgehead atoms. The highest BCUT2D eigenvalue weighted by atomic mass is 16.5. The van der Waals surface area contributed by atoms with Crippen LogP contribution >= 0.6 is 0 Å². The van der Waals surface area contributed by atoms with Crippen LogP contribution in [0.25, 0.3) is 0 Å². The molecule has 0 heterocycles. The largest absolute Gasteiger partial charge is 0.494 e. The van der Waals surface area contributed by atoms with Crippen molar-refractivity contribution in [3.05, 3.63) is 24.3 Å². The molecule has 1 aromatic rings. The van der Waals surface area contributed by atoms with Gasteiger partial charge in [-0.05, 0) is 31.9 Å². The van der Waals surface area contributed by atoms with Crippen LogP contribution in [0.3, 0.4) is 0 Å². The van der Waals surface area contributed by atoms with Crippen molar-refractivity contribution in [3.8, 4) is 5.75 Å². The van der Waals surface area contributed by atoms with Crippen molar-refractivity contribution in [2.24, 2.45) is 11.8 Å². The van der Waals surface area contributed by atoms with Gasteiger partial charge in [-0.1, -0.05) is 12.5 Å². The Bertz CT molecular complexity index is 500. The standard InChI is InChI=1S/C15H19NO4/c1-2-20-11-6-3-5-10(9-11)16-14(17)12-7-4-8-13(12)15(18)19/h3,5-6,9,12-13H,2,4,7-8H2,1H3,(H,16,17)(H,18,19). The summed E-state index contributed by atoms with van der Waals surface area (Å²) in [7, 11) is 0. The van der Waals surface area contributed by atoms with E-state index in [9.17, 15) is 9.59 Å². The van der Waals surface area contributed by atoms with Gasteiger partial charge in [0.2, 0.25) is 5.91 Å². The summed E-state index contributed by atoms with van der Waals surface area (Å²) in [5.74, 6) is -1.42. The van der Waals surface area contributed by atoms with E-state index in [4.69, 9.17) is 9.84 Å². The number of aliphatic carboxylic acids is 1. The minimum Gasteiger partial charge on any atom is -0.494 e. The van der Waals surface area contributed by atoms with E-state index < -0.39 is 17.8 Å². The van der Waals surface area contributed by atoms with Crippen molar-refractivity contribution in [1.82, 2.24) is 0 Å². The first-order valence-electron chi connectivity index (χ1n) is 6.88. The number of nitrogens with one attached hydrogen (secondary N) is 1. The van der Waals surface area contributed by atoms with Crippen LogP contribution in [-0.2, 0) is 9.59 Å². The van der Waals surface area contributed by atoms with Crippen molar-refractivity contribution >= 4 is 17.6 Å². The second-order valence-corrected chi connectivity index (χ2v) is 4.93. The number of benzene rings is 1. The zero-order valence-electron chi connectivity index (χ0n) is 11.5. The minimum absolute atomic E-state index is 0.219. The van der Waals surface area contributed by atoms with Crippen LogP contribution in [0.4, 0.5) is 5.69 Å². The maximum Gasteiger partial charge on any atom is 0.307 e. The number of carbonyl (C=O) groups is 2. The zero-order valence-corrected chi connectivity index (χ0v) is 11.5. The molecule has 5 nitrogen and oxygen atoms in total. The molecule has 0 saturated heterocycles. The average molecular weight is 277 g/mol. The molecular weight excluding hydrogens is 258 g/mol. The summed E-state index contributed by atoms with van der Waals surface area (Å²) < 4.78 is 5.37. The first-order chi connectivity index (χ1) is 9.61. The molecule has 0 radical (unpaired) electrons. The number of amides is 1. The number of ether oxygens (including phenoxy) is 1. The number of hydrogen-bond acceptors (Lipinski definition) is 3. The van der Waals surface area contributed by atoms with Crippen molar-refractivity contribution in [2.75, 3.05) is 11.9 Å². The summed E-state index contributed by atoms with van der Waals surface area (Å²) >= 11 is 0. The lowest BCUT2D eigenvalue weighted by molar-refractivity contribution is -0.145. The fourth-order valence-corrected chi connectivity index (χ4v) is 2.63. The Hall–Kier alpha value is -2.04. The molecule has 2 rings (SSSR count). The van der Waals surface area contributed by atoms with Gasteiger partial charge in [0.1, 0.15) is 5.75 Å². The van der Waals surface area contributed by atoms with Crippen LogP contribution in [0.5, 0.6) is 5.75 Å². The van der Waals surface area contributed by atoms with Gasteiger partial charge in [0, 0.05) is 11.8 Å². The Labute approximate surface area is 117 Å². The van der Waals surface area contributed by atoms with E-state index in [0.717, 1.165) is 6.42 Å². The molecule has 20 heavy (non-hydrogen) atoms. The summed E-state index contributed by atoms with van der Waals surface area (Å²) in [6, 6.07) is 7.12. The Morgan fingerprint density at radius 3 is 2.80 bits per heavy atom. The number of hydrogen-bond donors (Lipinski definition) is 2. The highest BCUT2D eigenvalue weighted by Crippen LogP contribution is 2.33. The van der Waals surface area contributed by atoms with Gasteiger partial charge in [-0.3, -0.25) is 9.59 Å². The number of carbonyl (C=O) groups excluding carboxylic acids is 1. The van der Waals surface area contributed by atoms with Gasteiger partial charge in [-0.2, -0.15) is 0 Å². The van der Waals surface area contributed by atoms with E-state index in [1.54, 1.807) is 18.2 Å². The third-order valence-corrected chi connectivity index (χ3v) is 3.58. The molecule has 108 valence electrons. The summed E-state index contributed by atoms with van der Waals surface area (Å²) in [5.41, 5.74) is 0.636. The van der Waals surface area contributed by atoms with Gasteiger partial charge in [0.05, 0.1) is 18.4 Å². The Morgan fingerprint density at radius 1 is 1.35 bits per heavy atom. The highest BCUT2D eigenvalue weighted by Gasteiger charge is 2.37. The molecule has 0 aromatic heterocycles. The van der Waals surface area contributed by atoms with Crippen LogP contribution in [0.1, 0.15) is 26.2 Å². The smallest absolute Gasteiger partial charge is 0.307 e. The van der Waals surface area contributed by atoms with E-state index >= 15 is 0 Å². The molecule has 2 atom stereocenters. The predicted octanol–water partition coefficient (Wildman–Crippen LogP) is 2.52. The topological polar surface area (TPSA) is 75.6 Å². The molecule has 0 spiro atoms. The lowest BCUT2D eigenvalue weighted by Gasteiger charge is -2.16. The lowest BCUT2D eigenvalue weighted by atomic mass is 9.95. The predicted molar refractivity (Wildman–Crippen MR) is 74.7 cm³/mol. The first kappa shape index (κ1) is 14.4. The molecule has 2 N–H and O–H groups in total. The minimum atomic E-state index is -0.884. The molecule has 0 aliphatic heterocycles. The number of anilines is 1. The van der Waals surface area contributed by atoms with Crippen molar-refractivity contribution in [1.29, 1.82) is 0 Å². The molecule has 1 aromatic carbocycles. The van der Waals surface area contributed by atoms with Crippen molar-refractivity contribution in [3.63, 3.8) is 0 Å². The summed E-state index contributed by atoms with van der Waals surface area (Å²) in [6.45, 7) is 2.45. The maximum absolute atomic E-state index is 12.2. The van der Waals surface area contributed by atoms with Gasteiger partial charge in [-0.25, -0.2) is 0 Å². The first-order valence-corrected chi connectivity index (χ1v) is 6.88.